The zero-order chi connectivity index (χ0) is 10.1. The van der Waals surface area contributed by atoms with Crippen molar-refractivity contribution in [2.45, 2.75) is 6.54 Å². The minimum absolute atomic E-state index is 0.241. The number of methoxy groups -OCH3 is 1. The van der Waals surface area contributed by atoms with Crippen molar-refractivity contribution >= 4 is 15.9 Å². The van der Waals surface area contributed by atoms with E-state index in [0.29, 0.717) is 23.8 Å². The molecule has 1 aliphatic rings. The minimum Gasteiger partial charge on any atom is -0.495 e. The molecule has 0 bridgehead atoms. The molecule has 1 heterocycles. The third kappa shape index (κ3) is 1.33. The number of fused-ring (bicyclic) bond motifs is 1. The smallest absolute Gasteiger partial charge is 0.231 e. The first-order valence-corrected chi connectivity index (χ1v) is 4.92. The molecule has 1 aliphatic heterocycles. The zero-order valence-electron chi connectivity index (χ0n) is 7.67. The second-order valence-corrected chi connectivity index (χ2v) is 3.61. The molecule has 0 spiro atoms. The molecule has 0 saturated carbocycles. The van der Waals surface area contributed by atoms with Crippen molar-refractivity contribution in [2.75, 3.05) is 13.9 Å². The second-order valence-electron chi connectivity index (χ2n) is 2.82. The van der Waals surface area contributed by atoms with Crippen LogP contribution in [-0.2, 0) is 6.54 Å². The largest absolute Gasteiger partial charge is 0.495 e. The van der Waals surface area contributed by atoms with Gasteiger partial charge in [0, 0.05) is 12.1 Å². The summed E-state index contributed by atoms with van der Waals surface area (Å²) >= 11 is 3.40. The lowest BCUT2D eigenvalue weighted by atomic mass is 10.2. The molecule has 76 valence electrons. The SMILES string of the molecule is COc1c(CN)cc2c(c1Br)OCO2. The van der Waals surface area contributed by atoms with Crippen molar-refractivity contribution in [3.05, 3.63) is 16.1 Å². The molecular formula is C9H10BrNO3. The van der Waals surface area contributed by atoms with E-state index in [9.17, 15) is 0 Å². The van der Waals surface area contributed by atoms with E-state index in [4.69, 9.17) is 19.9 Å². The number of nitrogens with two attached hydrogens (primary N) is 1. The van der Waals surface area contributed by atoms with Crippen LogP contribution in [0, 0.1) is 0 Å². The van der Waals surface area contributed by atoms with Gasteiger partial charge < -0.3 is 19.9 Å². The number of rotatable bonds is 2. The van der Waals surface area contributed by atoms with E-state index in [-0.39, 0.29) is 6.79 Å². The van der Waals surface area contributed by atoms with E-state index < -0.39 is 0 Å². The summed E-state index contributed by atoms with van der Waals surface area (Å²) in [5.41, 5.74) is 6.48. The quantitative estimate of drug-likeness (QED) is 0.878. The van der Waals surface area contributed by atoms with E-state index in [2.05, 4.69) is 15.9 Å². The van der Waals surface area contributed by atoms with Gasteiger partial charge in [-0.05, 0) is 22.0 Å². The van der Waals surface area contributed by atoms with Crippen LogP contribution in [0.2, 0.25) is 0 Å². The summed E-state index contributed by atoms with van der Waals surface area (Å²) in [6.45, 7) is 0.642. The summed E-state index contributed by atoms with van der Waals surface area (Å²) in [6.07, 6.45) is 0. The first-order chi connectivity index (χ1) is 6.77. The Morgan fingerprint density at radius 1 is 1.57 bits per heavy atom. The van der Waals surface area contributed by atoms with Crippen molar-refractivity contribution < 1.29 is 14.2 Å². The Morgan fingerprint density at radius 2 is 2.36 bits per heavy atom. The molecule has 4 nitrogen and oxygen atoms in total. The van der Waals surface area contributed by atoms with Crippen molar-refractivity contribution in [1.29, 1.82) is 0 Å². The van der Waals surface area contributed by atoms with Crippen LogP contribution in [0.15, 0.2) is 10.5 Å². The van der Waals surface area contributed by atoms with Gasteiger partial charge in [0.2, 0.25) is 6.79 Å². The Kier molecular flexibility index (Phi) is 2.52. The molecule has 2 rings (SSSR count). The van der Waals surface area contributed by atoms with Crippen LogP contribution >= 0.6 is 15.9 Å². The van der Waals surface area contributed by atoms with Gasteiger partial charge in [0.1, 0.15) is 10.2 Å². The van der Waals surface area contributed by atoms with Gasteiger partial charge in [0.15, 0.2) is 11.5 Å². The molecule has 0 unspecified atom stereocenters. The first-order valence-electron chi connectivity index (χ1n) is 4.13. The van der Waals surface area contributed by atoms with Crippen molar-refractivity contribution in [2.24, 2.45) is 5.73 Å². The Labute approximate surface area is 90.1 Å². The number of hydrogen-bond acceptors (Lipinski definition) is 4. The second kappa shape index (κ2) is 3.67. The van der Waals surface area contributed by atoms with Crippen LogP contribution in [0.25, 0.3) is 0 Å². The number of hydrogen-bond donors (Lipinski definition) is 1. The van der Waals surface area contributed by atoms with Crippen LogP contribution in [0.3, 0.4) is 0 Å². The van der Waals surface area contributed by atoms with Crippen LogP contribution in [0.5, 0.6) is 17.2 Å². The molecule has 0 aromatic heterocycles. The van der Waals surface area contributed by atoms with Crippen LogP contribution in [-0.4, -0.2) is 13.9 Å². The fourth-order valence-corrected chi connectivity index (χ4v) is 2.13. The predicted molar refractivity (Wildman–Crippen MR) is 54.7 cm³/mol. The van der Waals surface area contributed by atoms with E-state index >= 15 is 0 Å². The highest BCUT2D eigenvalue weighted by Crippen LogP contribution is 2.46. The van der Waals surface area contributed by atoms with E-state index in [1.54, 1.807) is 7.11 Å². The van der Waals surface area contributed by atoms with Crippen LogP contribution in [0.4, 0.5) is 0 Å². The summed E-state index contributed by atoms with van der Waals surface area (Å²) < 4.78 is 16.5. The van der Waals surface area contributed by atoms with E-state index in [0.717, 1.165) is 10.0 Å². The number of halogens is 1. The predicted octanol–water partition coefficient (Wildman–Crippen LogP) is 1.65. The molecule has 1 aromatic rings. The van der Waals surface area contributed by atoms with Crippen molar-refractivity contribution in [3.8, 4) is 17.2 Å². The molecule has 1 aromatic carbocycles. The van der Waals surface area contributed by atoms with Gasteiger partial charge in [-0.25, -0.2) is 0 Å². The lowest BCUT2D eigenvalue weighted by Crippen LogP contribution is -2.00. The molecule has 0 atom stereocenters. The highest BCUT2D eigenvalue weighted by Gasteiger charge is 2.22. The Bertz CT molecular complexity index is 368. The first kappa shape index (κ1) is 9.61. The van der Waals surface area contributed by atoms with Gasteiger partial charge in [0.25, 0.3) is 0 Å². The fraction of sp³-hybridized carbons (Fsp3) is 0.333. The van der Waals surface area contributed by atoms with Gasteiger partial charge in [-0.15, -0.1) is 0 Å². The summed E-state index contributed by atoms with van der Waals surface area (Å²) in [6, 6.07) is 1.84. The van der Waals surface area contributed by atoms with Crippen LogP contribution < -0.4 is 19.9 Å². The third-order valence-electron chi connectivity index (χ3n) is 2.06. The standard InChI is InChI=1S/C9H10BrNO3/c1-12-8-5(3-11)2-6-9(7(8)10)14-4-13-6/h2H,3-4,11H2,1H3. The van der Waals surface area contributed by atoms with Gasteiger partial charge in [-0.2, -0.15) is 0 Å². The van der Waals surface area contributed by atoms with Gasteiger partial charge >= 0.3 is 0 Å². The molecule has 0 saturated heterocycles. The number of ether oxygens (including phenoxy) is 3. The molecule has 5 heteroatoms. The lowest BCUT2D eigenvalue weighted by Gasteiger charge is -2.10. The Balaban J connectivity index is 2.60. The molecule has 2 N–H and O–H groups in total. The normalized spacial score (nSPS) is 13.1. The third-order valence-corrected chi connectivity index (χ3v) is 2.78. The minimum atomic E-state index is 0.241. The summed E-state index contributed by atoms with van der Waals surface area (Å²) in [7, 11) is 1.60. The molecule has 0 radical (unpaired) electrons. The van der Waals surface area contributed by atoms with Crippen molar-refractivity contribution in [1.82, 2.24) is 0 Å². The van der Waals surface area contributed by atoms with Gasteiger partial charge in [-0.3, -0.25) is 0 Å². The maximum absolute atomic E-state index is 5.59. The lowest BCUT2D eigenvalue weighted by molar-refractivity contribution is 0.173. The monoisotopic (exact) mass is 259 g/mol. The average molecular weight is 260 g/mol. The summed E-state index contributed by atoms with van der Waals surface area (Å²) in [4.78, 5) is 0. The summed E-state index contributed by atoms with van der Waals surface area (Å²) in [5.74, 6) is 2.09. The maximum atomic E-state index is 5.59. The molecular weight excluding hydrogens is 250 g/mol. The molecule has 0 fully saturated rings. The van der Waals surface area contributed by atoms with Gasteiger partial charge in [-0.1, -0.05) is 0 Å². The van der Waals surface area contributed by atoms with Crippen molar-refractivity contribution in [3.63, 3.8) is 0 Å². The Hall–Kier alpha value is -0.940. The maximum Gasteiger partial charge on any atom is 0.231 e. The molecule has 0 aliphatic carbocycles. The van der Waals surface area contributed by atoms with Crippen LogP contribution in [0.1, 0.15) is 5.56 Å². The topological polar surface area (TPSA) is 53.7 Å². The average Bonchev–Trinajstić information content (AvgIpc) is 2.65. The highest BCUT2D eigenvalue weighted by molar-refractivity contribution is 9.10. The fourth-order valence-electron chi connectivity index (χ4n) is 1.41. The van der Waals surface area contributed by atoms with Gasteiger partial charge in [0.05, 0.1) is 7.11 Å². The van der Waals surface area contributed by atoms with E-state index in [1.165, 1.54) is 0 Å². The highest BCUT2D eigenvalue weighted by atomic mass is 79.9. The molecule has 14 heavy (non-hydrogen) atoms. The Morgan fingerprint density at radius 3 is 3.00 bits per heavy atom. The zero-order valence-corrected chi connectivity index (χ0v) is 9.26. The van der Waals surface area contributed by atoms with E-state index in [1.807, 2.05) is 6.07 Å². The molecule has 0 amide bonds. The summed E-state index contributed by atoms with van der Waals surface area (Å²) in [5, 5.41) is 0. The number of benzene rings is 1.